The van der Waals surface area contributed by atoms with Crippen molar-refractivity contribution in [3.63, 3.8) is 0 Å². The van der Waals surface area contributed by atoms with Crippen LogP contribution in [0.1, 0.15) is 26.7 Å². The van der Waals surface area contributed by atoms with Gasteiger partial charge in [0.25, 0.3) is 0 Å². The highest BCUT2D eigenvalue weighted by atomic mass is 32.2. The number of nitro groups is 1. The molecule has 1 aromatic rings. The lowest BCUT2D eigenvalue weighted by atomic mass is 9.97. The standard InChI is InChI=1S/C12H18N2O6S/c1-3-12(2,6-7-15)13-21(19,20)9-4-5-11(16)10(8-9)14(17)18/h4-5,8,13,15-16H,3,6-7H2,1-2H3. The molecule has 0 saturated carbocycles. The Bertz CT molecular complexity index is 631. The Labute approximate surface area is 122 Å². The quantitative estimate of drug-likeness (QED) is 0.510. The third-order valence-corrected chi connectivity index (χ3v) is 4.91. The number of nitro benzene ring substituents is 1. The molecule has 0 aliphatic rings. The molecule has 0 saturated heterocycles. The smallest absolute Gasteiger partial charge is 0.312 e. The van der Waals surface area contributed by atoms with Crippen molar-refractivity contribution < 1.29 is 23.6 Å². The monoisotopic (exact) mass is 318 g/mol. The zero-order valence-electron chi connectivity index (χ0n) is 11.7. The Balaban J connectivity index is 3.20. The van der Waals surface area contributed by atoms with Gasteiger partial charge in [0.15, 0.2) is 5.75 Å². The molecule has 0 spiro atoms. The number of aliphatic hydroxyl groups is 1. The summed E-state index contributed by atoms with van der Waals surface area (Å²) in [4.78, 5) is 9.57. The average Bonchev–Trinajstić information content (AvgIpc) is 2.38. The van der Waals surface area contributed by atoms with Crippen LogP contribution in [-0.2, 0) is 10.0 Å². The van der Waals surface area contributed by atoms with E-state index < -0.39 is 31.9 Å². The SMILES string of the molecule is CCC(C)(CCO)NS(=O)(=O)c1ccc(O)c([N+](=O)[O-])c1. The molecule has 1 rings (SSSR count). The predicted molar refractivity (Wildman–Crippen MR) is 75.5 cm³/mol. The molecule has 9 heteroatoms. The zero-order chi connectivity index (χ0) is 16.3. The minimum atomic E-state index is -4.00. The molecule has 0 fully saturated rings. The lowest BCUT2D eigenvalue weighted by molar-refractivity contribution is -0.386. The molecule has 0 bridgehead atoms. The van der Waals surface area contributed by atoms with Crippen LogP contribution in [0.15, 0.2) is 23.1 Å². The molecule has 3 N–H and O–H groups in total. The number of phenolic OH excluding ortho intramolecular Hbond substituents is 1. The van der Waals surface area contributed by atoms with Crippen LogP contribution in [0.4, 0.5) is 5.69 Å². The van der Waals surface area contributed by atoms with Crippen molar-refractivity contribution in [2.45, 2.75) is 37.1 Å². The summed E-state index contributed by atoms with van der Waals surface area (Å²) in [6, 6.07) is 2.84. The second-order valence-electron chi connectivity index (χ2n) is 4.90. The summed E-state index contributed by atoms with van der Waals surface area (Å²) in [6.07, 6.45) is 0.649. The van der Waals surface area contributed by atoms with Gasteiger partial charge in [0.2, 0.25) is 10.0 Å². The van der Waals surface area contributed by atoms with Gasteiger partial charge in [-0.15, -0.1) is 0 Å². The van der Waals surface area contributed by atoms with E-state index in [0.717, 1.165) is 18.2 Å². The number of rotatable bonds is 7. The Hall–Kier alpha value is -1.71. The highest BCUT2D eigenvalue weighted by Gasteiger charge is 2.30. The van der Waals surface area contributed by atoms with Crippen molar-refractivity contribution in [1.29, 1.82) is 0 Å². The Kier molecular flexibility index (Phi) is 5.26. The van der Waals surface area contributed by atoms with Gasteiger partial charge in [0.1, 0.15) is 0 Å². The van der Waals surface area contributed by atoms with Crippen LogP contribution >= 0.6 is 0 Å². The van der Waals surface area contributed by atoms with Crippen molar-refractivity contribution in [2.24, 2.45) is 0 Å². The van der Waals surface area contributed by atoms with Crippen molar-refractivity contribution in [3.8, 4) is 5.75 Å². The number of phenols is 1. The summed E-state index contributed by atoms with van der Waals surface area (Å²) in [7, 11) is -4.00. The number of sulfonamides is 1. The van der Waals surface area contributed by atoms with E-state index in [4.69, 9.17) is 5.11 Å². The molecule has 0 amide bonds. The molecular formula is C12H18N2O6S. The molecule has 0 radical (unpaired) electrons. The van der Waals surface area contributed by atoms with Crippen LogP contribution in [0.2, 0.25) is 0 Å². The predicted octanol–water partition coefficient (Wildman–Crippen LogP) is 1.13. The van der Waals surface area contributed by atoms with E-state index in [-0.39, 0.29) is 17.9 Å². The molecule has 0 aliphatic heterocycles. The highest BCUT2D eigenvalue weighted by molar-refractivity contribution is 7.89. The Morgan fingerprint density at radius 2 is 2.05 bits per heavy atom. The summed E-state index contributed by atoms with van der Waals surface area (Å²) >= 11 is 0. The highest BCUT2D eigenvalue weighted by Crippen LogP contribution is 2.29. The van der Waals surface area contributed by atoms with E-state index in [1.807, 2.05) is 0 Å². The zero-order valence-corrected chi connectivity index (χ0v) is 12.6. The Morgan fingerprint density at radius 1 is 1.43 bits per heavy atom. The van der Waals surface area contributed by atoms with Gasteiger partial charge in [-0.2, -0.15) is 0 Å². The second-order valence-corrected chi connectivity index (χ2v) is 6.58. The first-order chi connectivity index (χ1) is 9.65. The summed E-state index contributed by atoms with van der Waals surface area (Å²) < 4.78 is 27.0. The van der Waals surface area contributed by atoms with Crippen LogP contribution in [0.3, 0.4) is 0 Å². The molecule has 21 heavy (non-hydrogen) atoms. The fraction of sp³-hybridized carbons (Fsp3) is 0.500. The number of benzene rings is 1. The van der Waals surface area contributed by atoms with Gasteiger partial charge in [-0.3, -0.25) is 10.1 Å². The fourth-order valence-corrected chi connectivity index (χ4v) is 3.27. The number of nitrogens with one attached hydrogen (secondary N) is 1. The van der Waals surface area contributed by atoms with E-state index in [2.05, 4.69) is 4.72 Å². The van der Waals surface area contributed by atoms with E-state index in [9.17, 15) is 23.6 Å². The molecule has 1 aromatic carbocycles. The van der Waals surface area contributed by atoms with E-state index in [1.165, 1.54) is 0 Å². The van der Waals surface area contributed by atoms with E-state index in [0.29, 0.717) is 6.42 Å². The summed E-state index contributed by atoms with van der Waals surface area (Å²) in [5, 5.41) is 29.1. The van der Waals surface area contributed by atoms with Crippen molar-refractivity contribution >= 4 is 15.7 Å². The van der Waals surface area contributed by atoms with Crippen LogP contribution in [0.25, 0.3) is 0 Å². The molecule has 118 valence electrons. The minimum absolute atomic E-state index is 0.192. The lowest BCUT2D eigenvalue weighted by Crippen LogP contribution is -2.46. The van der Waals surface area contributed by atoms with Gasteiger partial charge in [-0.25, -0.2) is 13.1 Å². The van der Waals surface area contributed by atoms with Crippen molar-refractivity contribution in [2.75, 3.05) is 6.61 Å². The molecule has 0 aromatic heterocycles. The van der Waals surface area contributed by atoms with Crippen LogP contribution in [0, 0.1) is 10.1 Å². The van der Waals surface area contributed by atoms with Gasteiger partial charge in [-0.1, -0.05) is 6.92 Å². The maximum absolute atomic E-state index is 12.3. The molecule has 8 nitrogen and oxygen atoms in total. The topological polar surface area (TPSA) is 130 Å². The third kappa shape index (κ3) is 4.13. The van der Waals surface area contributed by atoms with Crippen molar-refractivity contribution in [3.05, 3.63) is 28.3 Å². The Morgan fingerprint density at radius 3 is 2.52 bits per heavy atom. The second kappa shape index (κ2) is 6.37. The normalized spacial score (nSPS) is 14.6. The van der Waals surface area contributed by atoms with Gasteiger partial charge in [0, 0.05) is 18.2 Å². The summed E-state index contributed by atoms with van der Waals surface area (Å²) in [5.74, 6) is -0.604. The molecular weight excluding hydrogens is 300 g/mol. The number of hydrogen-bond acceptors (Lipinski definition) is 6. The van der Waals surface area contributed by atoms with Gasteiger partial charge in [-0.05, 0) is 31.9 Å². The van der Waals surface area contributed by atoms with E-state index >= 15 is 0 Å². The lowest BCUT2D eigenvalue weighted by Gasteiger charge is -2.28. The van der Waals surface area contributed by atoms with Crippen molar-refractivity contribution in [1.82, 2.24) is 4.72 Å². The maximum atomic E-state index is 12.3. The molecule has 1 atom stereocenters. The average molecular weight is 318 g/mol. The van der Waals surface area contributed by atoms with E-state index in [1.54, 1.807) is 13.8 Å². The van der Waals surface area contributed by atoms with Crippen LogP contribution < -0.4 is 4.72 Å². The molecule has 1 unspecified atom stereocenters. The third-order valence-electron chi connectivity index (χ3n) is 3.28. The first-order valence-electron chi connectivity index (χ1n) is 6.27. The van der Waals surface area contributed by atoms with Gasteiger partial charge < -0.3 is 10.2 Å². The number of nitrogens with zero attached hydrogens (tertiary/aromatic N) is 1. The molecule has 0 aliphatic carbocycles. The first-order valence-corrected chi connectivity index (χ1v) is 7.76. The van der Waals surface area contributed by atoms with Crippen LogP contribution in [0.5, 0.6) is 5.75 Å². The molecule has 0 heterocycles. The number of hydrogen-bond donors (Lipinski definition) is 3. The van der Waals surface area contributed by atoms with Crippen LogP contribution in [-0.4, -0.2) is 35.7 Å². The van der Waals surface area contributed by atoms with Gasteiger partial charge >= 0.3 is 5.69 Å². The largest absolute Gasteiger partial charge is 0.502 e. The summed E-state index contributed by atoms with van der Waals surface area (Å²) in [6.45, 7) is 3.20. The van der Waals surface area contributed by atoms with Gasteiger partial charge in [0.05, 0.1) is 9.82 Å². The number of aromatic hydroxyl groups is 1. The first kappa shape index (κ1) is 17.3. The maximum Gasteiger partial charge on any atom is 0.312 e. The fourth-order valence-electron chi connectivity index (χ4n) is 1.75. The minimum Gasteiger partial charge on any atom is -0.502 e. The number of aliphatic hydroxyl groups excluding tert-OH is 1. The summed E-state index contributed by atoms with van der Waals surface area (Å²) in [5.41, 5.74) is -1.54.